The second kappa shape index (κ2) is 5.93. The summed E-state index contributed by atoms with van der Waals surface area (Å²) in [6, 6.07) is 2.26. The van der Waals surface area contributed by atoms with E-state index in [0.29, 0.717) is 4.47 Å². The summed E-state index contributed by atoms with van der Waals surface area (Å²) < 4.78 is 28.4. The van der Waals surface area contributed by atoms with Crippen molar-refractivity contribution in [1.29, 1.82) is 0 Å². The van der Waals surface area contributed by atoms with Crippen molar-refractivity contribution in [1.82, 2.24) is 5.32 Å². The summed E-state index contributed by atoms with van der Waals surface area (Å²) in [5.74, 6) is -1.01. The van der Waals surface area contributed by atoms with Crippen molar-refractivity contribution in [3.63, 3.8) is 0 Å². The summed E-state index contributed by atoms with van der Waals surface area (Å²) >= 11 is 3.10. The van der Waals surface area contributed by atoms with Gasteiger partial charge >= 0.3 is 0 Å². The molecule has 0 bridgehead atoms. The van der Waals surface area contributed by atoms with Crippen molar-refractivity contribution in [2.75, 3.05) is 7.05 Å². The monoisotopic (exact) mass is 315 g/mol. The Bertz CT molecular complexity index is 448. The molecule has 0 radical (unpaired) electrons. The Morgan fingerprint density at radius 1 is 1.22 bits per heavy atom. The predicted octanol–water partition coefficient (Wildman–Crippen LogP) is 4.49. The highest BCUT2D eigenvalue weighted by molar-refractivity contribution is 9.10. The van der Waals surface area contributed by atoms with E-state index in [0.717, 1.165) is 31.3 Å². The largest absolute Gasteiger partial charge is 0.309 e. The van der Waals surface area contributed by atoms with E-state index in [9.17, 15) is 8.78 Å². The molecule has 1 N–H and O–H groups in total. The summed E-state index contributed by atoms with van der Waals surface area (Å²) in [6.45, 7) is 0. The summed E-state index contributed by atoms with van der Waals surface area (Å²) in [5, 5.41) is 3.03. The average Bonchev–Trinajstić information content (AvgIpc) is 2.34. The van der Waals surface area contributed by atoms with E-state index >= 15 is 0 Å². The standard InChI is InChI=1S/C14H16BrF2N/c1-18-14(9-5-3-2-4-6-9)13-11(16)7-10(15)8-12(13)17/h5,7-8,14,18H,2-4,6H2,1H3. The fourth-order valence-corrected chi connectivity index (χ4v) is 2.87. The first-order chi connectivity index (χ1) is 8.63. The number of rotatable bonds is 3. The van der Waals surface area contributed by atoms with Crippen molar-refractivity contribution < 1.29 is 8.78 Å². The SMILES string of the molecule is CNC(C1=CCCCC1)c1c(F)cc(Br)cc1F. The Kier molecular flexibility index (Phi) is 4.51. The second-order valence-corrected chi connectivity index (χ2v) is 5.45. The van der Waals surface area contributed by atoms with Crippen molar-refractivity contribution in [3.05, 3.63) is 45.5 Å². The molecule has 1 unspecified atom stereocenters. The van der Waals surface area contributed by atoms with Gasteiger partial charge in [0.15, 0.2) is 0 Å². The van der Waals surface area contributed by atoms with Crippen LogP contribution in [0.2, 0.25) is 0 Å². The van der Waals surface area contributed by atoms with Gasteiger partial charge in [-0.15, -0.1) is 0 Å². The smallest absolute Gasteiger partial charge is 0.132 e. The van der Waals surface area contributed by atoms with Gasteiger partial charge in [-0.3, -0.25) is 0 Å². The van der Waals surface area contributed by atoms with Crippen LogP contribution >= 0.6 is 15.9 Å². The van der Waals surface area contributed by atoms with Crippen LogP contribution in [0.25, 0.3) is 0 Å². The van der Waals surface area contributed by atoms with Gasteiger partial charge < -0.3 is 5.32 Å². The maximum Gasteiger partial charge on any atom is 0.132 e. The van der Waals surface area contributed by atoms with E-state index in [1.165, 1.54) is 12.1 Å². The molecule has 1 aliphatic carbocycles. The lowest BCUT2D eigenvalue weighted by Gasteiger charge is -2.24. The topological polar surface area (TPSA) is 12.0 Å². The Labute approximate surface area is 114 Å². The molecule has 0 saturated carbocycles. The highest BCUT2D eigenvalue weighted by atomic mass is 79.9. The lowest BCUT2D eigenvalue weighted by Crippen LogP contribution is -2.22. The van der Waals surface area contributed by atoms with Crippen molar-refractivity contribution in [2.45, 2.75) is 31.7 Å². The zero-order chi connectivity index (χ0) is 13.1. The van der Waals surface area contributed by atoms with E-state index in [1.54, 1.807) is 7.05 Å². The van der Waals surface area contributed by atoms with Crippen LogP contribution in [0.15, 0.2) is 28.3 Å². The van der Waals surface area contributed by atoms with Crippen LogP contribution in [0.5, 0.6) is 0 Å². The maximum atomic E-state index is 14.0. The van der Waals surface area contributed by atoms with E-state index in [1.807, 2.05) is 0 Å². The Morgan fingerprint density at radius 3 is 2.39 bits per heavy atom. The molecule has 0 heterocycles. The third-order valence-corrected chi connectivity index (χ3v) is 3.78. The summed E-state index contributed by atoms with van der Waals surface area (Å²) in [6.07, 6.45) is 6.24. The first-order valence-corrected chi connectivity index (χ1v) is 6.93. The number of hydrogen-bond donors (Lipinski definition) is 1. The Morgan fingerprint density at radius 2 is 1.89 bits per heavy atom. The molecular formula is C14H16BrF2N. The van der Waals surface area contributed by atoms with Crippen LogP contribution in [-0.4, -0.2) is 7.05 Å². The summed E-state index contributed by atoms with van der Waals surface area (Å²) in [7, 11) is 1.74. The normalized spacial score (nSPS) is 17.4. The lowest BCUT2D eigenvalue weighted by atomic mass is 9.89. The quantitative estimate of drug-likeness (QED) is 0.810. The third-order valence-electron chi connectivity index (χ3n) is 3.32. The molecule has 0 aromatic heterocycles. The molecule has 18 heavy (non-hydrogen) atoms. The fourth-order valence-electron chi connectivity index (χ4n) is 2.47. The van der Waals surface area contributed by atoms with Crippen LogP contribution in [0, 0.1) is 11.6 Å². The number of likely N-dealkylation sites (N-methyl/N-ethyl adjacent to an activating group) is 1. The number of allylic oxidation sites excluding steroid dienone is 1. The first-order valence-electron chi connectivity index (χ1n) is 6.14. The van der Waals surface area contributed by atoms with Crippen molar-refractivity contribution in [3.8, 4) is 0 Å². The van der Waals surface area contributed by atoms with Gasteiger partial charge in [-0.2, -0.15) is 0 Å². The molecule has 0 spiro atoms. The van der Waals surface area contributed by atoms with Gasteiger partial charge in [0.25, 0.3) is 0 Å². The van der Waals surface area contributed by atoms with Crippen molar-refractivity contribution >= 4 is 15.9 Å². The second-order valence-electron chi connectivity index (χ2n) is 4.53. The van der Waals surface area contributed by atoms with E-state index in [4.69, 9.17) is 0 Å². The minimum atomic E-state index is -0.507. The molecule has 1 aromatic carbocycles. The van der Waals surface area contributed by atoms with E-state index in [2.05, 4.69) is 27.3 Å². The molecule has 2 rings (SSSR count). The van der Waals surface area contributed by atoms with Gasteiger partial charge in [0.2, 0.25) is 0 Å². The first kappa shape index (κ1) is 13.7. The lowest BCUT2D eigenvalue weighted by molar-refractivity contribution is 0.503. The molecule has 0 saturated heterocycles. The number of hydrogen-bond acceptors (Lipinski definition) is 1. The molecule has 4 heteroatoms. The molecule has 1 nitrogen and oxygen atoms in total. The highest BCUT2D eigenvalue weighted by Crippen LogP contribution is 2.33. The third kappa shape index (κ3) is 2.81. The maximum absolute atomic E-state index is 14.0. The molecular weight excluding hydrogens is 300 g/mol. The minimum Gasteiger partial charge on any atom is -0.309 e. The molecule has 0 fully saturated rings. The Balaban J connectivity index is 2.41. The molecule has 1 aliphatic rings. The van der Waals surface area contributed by atoms with Gasteiger partial charge in [0.05, 0.1) is 6.04 Å². The number of halogens is 3. The molecule has 0 aliphatic heterocycles. The van der Waals surface area contributed by atoms with Crippen LogP contribution in [-0.2, 0) is 0 Å². The van der Waals surface area contributed by atoms with Crippen LogP contribution in [0.4, 0.5) is 8.78 Å². The van der Waals surface area contributed by atoms with Gasteiger partial charge in [0, 0.05) is 10.0 Å². The zero-order valence-electron chi connectivity index (χ0n) is 10.3. The number of benzene rings is 1. The van der Waals surface area contributed by atoms with Gasteiger partial charge in [0.1, 0.15) is 11.6 Å². The van der Waals surface area contributed by atoms with Gasteiger partial charge in [-0.05, 0) is 44.9 Å². The van der Waals surface area contributed by atoms with Crippen molar-refractivity contribution in [2.24, 2.45) is 0 Å². The van der Waals surface area contributed by atoms with Crippen LogP contribution in [0.1, 0.15) is 37.3 Å². The Hall–Kier alpha value is -0.740. The molecule has 1 atom stereocenters. The van der Waals surface area contributed by atoms with Crippen LogP contribution in [0.3, 0.4) is 0 Å². The summed E-state index contributed by atoms with van der Waals surface area (Å²) in [5.41, 5.74) is 1.21. The number of nitrogens with one attached hydrogen (secondary N) is 1. The van der Waals surface area contributed by atoms with E-state index in [-0.39, 0.29) is 11.6 Å². The molecule has 0 amide bonds. The molecule has 98 valence electrons. The zero-order valence-corrected chi connectivity index (χ0v) is 11.9. The predicted molar refractivity (Wildman–Crippen MR) is 72.4 cm³/mol. The average molecular weight is 316 g/mol. The minimum absolute atomic E-state index is 0.119. The van der Waals surface area contributed by atoms with Gasteiger partial charge in [-0.25, -0.2) is 8.78 Å². The summed E-state index contributed by atoms with van der Waals surface area (Å²) in [4.78, 5) is 0. The molecule has 1 aromatic rings. The fraction of sp³-hybridized carbons (Fsp3) is 0.429. The van der Waals surface area contributed by atoms with Gasteiger partial charge in [-0.1, -0.05) is 27.6 Å². The van der Waals surface area contributed by atoms with Crippen LogP contribution < -0.4 is 5.32 Å². The van der Waals surface area contributed by atoms with E-state index < -0.39 is 11.6 Å². The highest BCUT2D eigenvalue weighted by Gasteiger charge is 2.23.